The molecular formula is C17H30N4S. The summed E-state index contributed by atoms with van der Waals surface area (Å²) in [7, 11) is 4.13. The molecule has 3 heterocycles. The fraction of sp³-hybridized carbons (Fsp3) is 0.824. The van der Waals surface area contributed by atoms with Crippen molar-refractivity contribution in [3.8, 4) is 0 Å². The van der Waals surface area contributed by atoms with Crippen molar-refractivity contribution in [2.45, 2.75) is 45.2 Å². The van der Waals surface area contributed by atoms with Gasteiger partial charge in [0.05, 0.1) is 0 Å². The van der Waals surface area contributed by atoms with Crippen LogP contribution in [-0.4, -0.2) is 61.1 Å². The number of likely N-dealkylation sites (tertiary alicyclic amines) is 2. The fourth-order valence-electron chi connectivity index (χ4n) is 3.84. The number of anilines is 1. The average molecular weight is 323 g/mol. The number of nitrogens with zero attached hydrogens (tertiary/aromatic N) is 4. The molecule has 1 unspecified atom stereocenters. The van der Waals surface area contributed by atoms with Crippen LogP contribution in [0.2, 0.25) is 0 Å². The Morgan fingerprint density at radius 2 is 1.91 bits per heavy atom. The van der Waals surface area contributed by atoms with Crippen LogP contribution in [0.15, 0.2) is 6.20 Å². The number of hydrogen-bond acceptors (Lipinski definition) is 5. The number of hydrogen-bond donors (Lipinski definition) is 0. The minimum Gasteiger partial charge on any atom is -0.354 e. The van der Waals surface area contributed by atoms with Gasteiger partial charge >= 0.3 is 0 Å². The maximum absolute atomic E-state index is 4.49. The second-order valence-corrected chi connectivity index (χ2v) is 8.19. The van der Waals surface area contributed by atoms with Crippen LogP contribution in [-0.2, 0) is 6.54 Å². The van der Waals surface area contributed by atoms with Crippen LogP contribution in [0, 0.1) is 5.92 Å². The molecule has 0 radical (unpaired) electrons. The van der Waals surface area contributed by atoms with Gasteiger partial charge in [-0.1, -0.05) is 0 Å². The Bertz CT molecular complexity index is 459. The highest BCUT2D eigenvalue weighted by Gasteiger charge is 2.29. The van der Waals surface area contributed by atoms with E-state index in [0.717, 1.165) is 23.6 Å². The van der Waals surface area contributed by atoms with Crippen molar-refractivity contribution in [3.05, 3.63) is 11.1 Å². The highest BCUT2D eigenvalue weighted by Crippen LogP contribution is 2.28. The molecule has 1 aromatic rings. The van der Waals surface area contributed by atoms with Crippen LogP contribution in [0.1, 0.15) is 37.5 Å². The summed E-state index contributed by atoms with van der Waals surface area (Å²) in [6, 6.07) is 0.786. The number of aromatic nitrogens is 1. The van der Waals surface area contributed by atoms with Gasteiger partial charge < -0.3 is 9.80 Å². The Morgan fingerprint density at radius 3 is 2.50 bits per heavy atom. The van der Waals surface area contributed by atoms with E-state index >= 15 is 0 Å². The SMILES string of the molecule is CC(C1CCN(Cc2cnc(N(C)C)s2)CC1)N1CCCC1. The van der Waals surface area contributed by atoms with E-state index in [-0.39, 0.29) is 0 Å². The Kier molecular flexibility index (Phi) is 5.37. The molecule has 2 aliphatic rings. The molecule has 2 fully saturated rings. The zero-order valence-corrected chi connectivity index (χ0v) is 15.1. The summed E-state index contributed by atoms with van der Waals surface area (Å²) >= 11 is 1.83. The predicted octanol–water partition coefficient (Wildman–Crippen LogP) is 2.91. The van der Waals surface area contributed by atoms with Gasteiger partial charge in [0, 0.05) is 37.8 Å². The highest BCUT2D eigenvalue weighted by atomic mass is 32.1. The third-order valence-electron chi connectivity index (χ3n) is 5.33. The van der Waals surface area contributed by atoms with E-state index in [2.05, 4.69) is 46.9 Å². The van der Waals surface area contributed by atoms with Gasteiger partial charge in [-0.05, 0) is 64.7 Å². The largest absolute Gasteiger partial charge is 0.354 e. The van der Waals surface area contributed by atoms with Gasteiger partial charge in [-0.15, -0.1) is 11.3 Å². The Morgan fingerprint density at radius 1 is 1.23 bits per heavy atom. The molecule has 2 saturated heterocycles. The minimum atomic E-state index is 0.786. The van der Waals surface area contributed by atoms with Crippen molar-refractivity contribution in [3.63, 3.8) is 0 Å². The van der Waals surface area contributed by atoms with Crippen molar-refractivity contribution in [2.75, 3.05) is 45.2 Å². The second kappa shape index (κ2) is 7.28. The number of piperidine rings is 1. The molecule has 3 rings (SSSR count). The predicted molar refractivity (Wildman–Crippen MR) is 94.7 cm³/mol. The van der Waals surface area contributed by atoms with E-state index in [4.69, 9.17) is 0 Å². The first-order valence-corrected chi connectivity index (χ1v) is 9.53. The summed E-state index contributed by atoms with van der Waals surface area (Å²) in [6.07, 6.45) is 7.58. The lowest BCUT2D eigenvalue weighted by atomic mass is 9.89. The van der Waals surface area contributed by atoms with Crippen LogP contribution in [0.3, 0.4) is 0 Å². The zero-order chi connectivity index (χ0) is 15.5. The molecule has 2 aliphatic heterocycles. The van der Waals surface area contributed by atoms with Gasteiger partial charge in [0.1, 0.15) is 0 Å². The van der Waals surface area contributed by atoms with Gasteiger partial charge in [-0.2, -0.15) is 0 Å². The van der Waals surface area contributed by atoms with Crippen molar-refractivity contribution < 1.29 is 0 Å². The molecule has 1 atom stereocenters. The third kappa shape index (κ3) is 3.81. The molecule has 5 heteroatoms. The maximum Gasteiger partial charge on any atom is 0.185 e. The number of rotatable bonds is 5. The van der Waals surface area contributed by atoms with Crippen molar-refractivity contribution in [2.24, 2.45) is 5.92 Å². The molecule has 0 spiro atoms. The molecule has 0 amide bonds. The lowest BCUT2D eigenvalue weighted by Gasteiger charge is -2.38. The zero-order valence-electron chi connectivity index (χ0n) is 14.3. The van der Waals surface area contributed by atoms with Gasteiger partial charge in [0.15, 0.2) is 5.13 Å². The van der Waals surface area contributed by atoms with Crippen LogP contribution < -0.4 is 4.90 Å². The van der Waals surface area contributed by atoms with E-state index in [0.29, 0.717) is 0 Å². The number of thiazole rings is 1. The van der Waals surface area contributed by atoms with Crippen molar-refractivity contribution in [1.29, 1.82) is 0 Å². The Labute approximate surface area is 139 Å². The summed E-state index contributed by atoms with van der Waals surface area (Å²) in [6.45, 7) is 8.69. The third-order valence-corrected chi connectivity index (χ3v) is 6.48. The monoisotopic (exact) mass is 322 g/mol. The highest BCUT2D eigenvalue weighted by molar-refractivity contribution is 7.15. The van der Waals surface area contributed by atoms with E-state index < -0.39 is 0 Å². The quantitative estimate of drug-likeness (QED) is 0.831. The summed E-state index contributed by atoms with van der Waals surface area (Å²) < 4.78 is 0. The summed E-state index contributed by atoms with van der Waals surface area (Å²) in [5, 5.41) is 1.12. The molecule has 0 aromatic carbocycles. The normalized spacial score (nSPS) is 23.0. The summed E-state index contributed by atoms with van der Waals surface area (Å²) in [5.41, 5.74) is 0. The fourth-order valence-corrected chi connectivity index (χ4v) is 4.71. The first-order valence-electron chi connectivity index (χ1n) is 8.72. The minimum absolute atomic E-state index is 0.786. The van der Waals surface area contributed by atoms with E-state index in [1.807, 2.05) is 11.3 Å². The maximum atomic E-state index is 4.49. The molecule has 4 nitrogen and oxygen atoms in total. The van der Waals surface area contributed by atoms with Gasteiger partial charge in [0.2, 0.25) is 0 Å². The Hall–Kier alpha value is -0.650. The van der Waals surface area contributed by atoms with Crippen LogP contribution in [0.25, 0.3) is 0 Å². The van der Waals surface area contributed by atoms with E-state index in [9.17, 15) is 0 Å². The van der Waals surface area contributed by atoms with Gasteiger partial charge in [-0.3, -0.25) is 4.90 Å². The molecule has 22 heavy (non-hydrogen) atoms. The topological polar surface area (TPSA) is 22.6 Å². The van der Waals surface area contributed by atoms with Crippen LogP contribution in [0.5, 0.6) is 0 Å². The van der Waals surface area contributed by atoms with Crippen LogP contribution in [0.4, 0.5) is 5.13 Å². The lowest BCUT2D eigenvalue weighted by molar-refractivity contribution is 0.108. The molecule has 0 N–H and O–H groups in total. The molecule has 0 aliphatic carbocycles. The van der Waals surface area contributed by atoms with Gasteiger partial charge in [-0.25, -0.2) is 4.98 Å². The van der Waals surface area contributed by atoms with Crippen molar-refractivity contribution in [1.82, 2.24) is 14.8 Å². The average Bonchev–Trinajstić information content (AvgIpc) is 3.19. The molecular weight excluding hydrogens is 292 g/mol. The second-order valence-electron chi connectivity index (χ2n) is 7.10. The molecule has 1 aromatic heterocycles. The van der Waals surface area contributed by atoms with E-state index in [1.54, 1.807) is 0 Å². The first-order chi connectivity index (χ1) is 10.6. The first kappa shape index (κ1) is 16.2. The molecule has 124 valence electrons. The lowest BCUT2D eigenvalue weighted by Crippen LogP contribution is -2.42. The summed E-state index contributed by atoms with van der Waals surface area (Å²) in [5.74, 6) is 0.896. The van der Waals surface area contributed by atoms with Gasteiger partial charge in [0.25, 0.3) is 0 Å². The standard InChI is InChI=1S/C17H30N4S/c1-14(21-8-4-5-9-21)15-6-10-20(11-7-15)13-16-12-18-17(22-16)19(2)3/h12,14-15H,4-11,13H2,1-3H3. The Balaban J connectivity index is 1.46. The van der Waals surface area contributed by atoms with E-state index in [1.165, 1.54) is 56.7 Å². The van der Waals surface area contributed by atoms with Crippen LogP contribution >= 0.6 is 11.3 Å². The molecule has 0 bridgehead atoms. The summed E-state index contributed by atoms with van der Waals surface area (Å²) in [4.78, 5) is 13.3. The smallest absolute Gasteiger partial charge is 0.185 e. The molecule has 0 saturated carbocycles. The van der Waals surface area contributed by atoms with Crippen molar-refractivity contribution >= 4 is 16.5 Å².